The molecule has 0 spiro atoms. The van der Waals surface area contributed by atoms with Gasteiger partial charge in [0.25, 0.3) is 0 Å². The molecule has 0 amide bonds. The largest absolute Gasteiger partial charge is 0.453 e. The van der Waals surface area contributed by atoms with Gasteiger partial charge in [-0.1, -0.05) is 35.9 Å². The van der Waals surface area contributed by atoms with Gasteiger partial charge in [0.05, 0.1) is 0 Å². The van der Waals surface area contributed by atoms with Crippen LogP contribution in [-0.2, 0) is 9.53 Å². The van der Waals surface area contributed by atoms with Crippen molar-refractivity contribution >= 4 is 12.5 Å². The first-order chi connectivity index (χ1) is 6.33. The van der Waals surface area contributed by atoms with Crippen molar-refractivity contribution in [3.05, 3.63) is 41.5 Å². The molecule has 0 aliphatic carbocycles. The van der Waals surface area contributed by atoms with E-state index in [0.717, 1.165) is 5.56 Å². The van der Waals surface area contributed by atoms with Crippen molar-refractivity contribution in [1.82, 2.24) is 0 Å². The average Bonchev–Trinajstić information content (AvgIpc) is 2.13. The van der Waals surface area contributed by atoms with Crippen LogP contribution >= 0.6 is 0 Å². The molecule has 0 saturated heterocycles. The molecule has 0 heterocycles. The summed E-state index contributed by atoms with van der Waals surface area (Å²) in [5, 5.41) is 0. The predicted octanol–water partition coefficient (Wildman–Crippen LogP) is 2.09. The highest BCUT2D eigenvalue weighted by molar-refractivity contribution is 5.50. The molecule has 0 aliphatic rings. The van der Waals surface area contributed by atoms with Gasteiger partial charge < -0.3 is 4.74 Å². The molecule has 1 radical (unpaired) electrons. The van der Waals surface area contributed by atoms with Crippen molar-refractivity contribution in [1.29, 1.82) is 0 Å². The maximum Gasteiger partial charge on any atom is 0.417 e. The summed E-state index contributed by atoms with van der Waals surface area (Å²) >= 11 is 0. The summed E-state index contributed by atoms with van der Waals surface area (Å²) in [5.74, 6) is 0. The van der Waals surface area contributed by atoms with E-state index in [1.54, 1.807) is 6.08 Å². The van der Waals surface area contributed by atoms with Crippen LogP contribution in [0.25, 0.3) is 6.08 Å². The molecule has 67 valence electrons. The van der Waals surface area contributed by atoms with E-state index in [4.69, 9.17) is 0 Å². The lowest BCUT2D eigenvalue weighted by atomic mass is 10.1. The second kappa shape index (κ2) is 5.14. The van der Waals surface area contributed by atoms with Gasteiger partial charge in [0, 0.05) is 0 Å². The van der Waals surface area contributed by atoms with Crippen LogP contribution in [0, 0.1) is 6.92 Å². The standard InChI is InChI=1S/C11H11O2/c1-10-4-2-5-11(8-10)6-3-7-13-9-12/h2-6,8H,7H2,1H3. The van der Waals surface area contributed by atoms with E-state index in [-0.39, 0.29) is 6.61 Å². The Morgan fingerprint density at radius 3 is 3.08 bits per heavy atom. The Kier molecular flexibility index (Phi) is 3.76. The summed E-state index contributed by atoms with van der Waals surface area (Å²) in [6.45, 7) is 3.67. The minimum absolute atomic E-state index is 0.275. The molecule has 2 heteroatoms. The highest BCUT2D eigenvalue weighted by Crippen LogP contribution is 2.05. The van der Waals surface area contributed by atoms with E-state index in [2.05, 4.69) is 10.8 Å². The molecule has 0 bridgehead atoms. The Balaban J connectivity index is 2.53. The summed E-state index contributed by atoms with van der Waals surface area (Å²) in [5.41, 5.74) is 2.32. The quantitative estimate of drug-likeness (QED) is 0.655. The van der Waals surface area contributed by atoms with Crippen LogP contribution in [0.5, 0.6) is 0 Å². The van der Waals surface area contributed by atoms with Gasteiger partial charge >= 0.3 is 6.47 Å². The number of benzene rings is 1. The third-order valence-electron chi connectivity index (χ3n) is 1.59. The van der Waals surface area contributed by atoms with Gasteiger partial charge in [0.1, 0.15) is 6.61 Å². The van der Waals surface area contributed by atoms with Crippen molar-refractivity contribution in [2.45, 2.75) is 6.92 Å². The Morgan fingerprint density at radius 2 is 2.38 bits per heavy atom. The van der Waals surface area contributed by atoms with E-state index >= 15 is 0 Å². The van der Waals surface area contributed by atoms with Crippen LogP contribution in [0.3, 0.4) is 0 Å². The Morgan fingerprint density at radius 1 is 1.54 bits per heavy atom. The highest BCUT2D eigenvalue weighted by atomic mass is 16.5. The van der Waals surface area contributed by atoms with Crippen molar-refractivity contribution in [3.8, 4) is 0 Å². The number of carbonyl (C=O) groups excluding carboxylic acids is 1. The van der Waals surface area contributed by atoms with Gasteiger partial charge in [-0.25, -0.2) is 4.79 Å². The monoisotopic (exact) mass is 175 g/mol. The summed E-state index contributed by atoms with van der Waals surface area (Å²) in [6.07, 6.45) is 3.68. The van der Waals surface area contributed by atoms with E-state index in [0.29, 0.717) is 0 Å². The Hall–Kier alpha value is -1.57. The first-order valence-corrected chi connectivity index (χ1v) is 4.05. The maximum atomic E-state index is 9.69. The van der Waals surface area contributed by atoms with Crippen LogP contribution in [0.15, 0.2) is 30.3 Å². The third kappa shape index (κ3) is 3.56. The molecule has 0 N–H and O–H groups in total. The first kappa shape index (κ1) is 9.52. The number of hydrogen-bond donors (Lipinski definition) is 0. The van der Waals surface area contributed by atoms with Gasteiger partial charge in [0.15, 0.2) is 0 Å². The lowest BCUT2D eigenvalue weighted by Gasteiger charge is -1.94. The third-order valence-corrected chi connectivity index (χ3v) is 1.59. The molecule has 0 fully saturated rings. The minimum Gasteiger partial charge on any atom is -0.453 e. The lowest BCUT2D eigenvalue weighted by molar-refractivity contribution is 0.314. The summed E-state index contributed by atoms with van der Waals surface area (Å²) < 4.78 is 4.39. The fourth-order valence-corrected chi connectivity index (χ4v) is 1.04. The van der Waals surface area contributed by atoms with E-state index in [1.807, 2.05) is 31.2 Å². The lowest BCUT2D eigenvalue weighted by Crippen LogP contribution is -1.85. The molecule has 0 aliphatic heterocycles. The molecule has 0 atom stereocenters. The normalized spacial score (nSPS) is 10.2. The van der Waals surface area contributed by atoms with Gasteiger partial charge in [-0.05, 0) is 18.6 Å². The van der Waals surface area contributed by atoms with Crippen LogP contribution in [0.2, 0.25) is 0 Å². The van der Waals surface area contributed by atoms with Crippen molar-refractivity contribution in [2.24, 2.45) is 0 Å². The van der Waals surface area contributed by atoms with Crippen LogP contribution in [0.4, 0.5) is 0 Å². The molecule has 0 saturated carbocycles. The van der Waals surface area contributed by atoms with Gasteiger partial charge in [-0.15, -0.1) is 0 Å². The second-order valence-corrected chi connectivity index (χ2v) is 2.71. The fourth-order valence-electron chi connectivity index (χ4n) is 1.04. The summed E-state index contributed by atoms with van der Waals surface area (Å²) in [4.78, 5) is 9.69. The number of hydrogen-bond acceptors (Lipinski definition) is 2. The fraction of sp³-hybridized carbons (Fsp3) is 0.182. The summed E-state index contributed by atoms with van der Waals surface area (Å²) in [6, 6.07) is 8.07. The molecule has 13 heavy (non-hydrogen) atoms. The topological polar surface area (TPSA) is 26.3 Å². The molecule has 0 unspecified atom stereocenters. The number of rotatable bonds is 4. The maximum absolute atomic E-state index is 9.69. The molecular weight excluding hydrogens is 164 g/mol. The minimum atomic E-state index is 0.275. The zero-order valence-electron chi connectivity index (χ0n) is 7.49. The molecule has 1 aromatic carbocycles. The first-order valence-electron chi connectivity index (χ1n) is 4.05. The highest BCUT2D eigenvalue weighted by Gasteiger charge is 1.86. The summed E-state index contributed by atoms with van der Waals surface area (Å²) in [7, 11) is 0. The van der Waals surface area contributed by atoms with Crippen LogP contribution < -0.4 is 0 Å². The Labute approximate surface area is 77.8 Å². The van der Waals surface area contributed by atoms with Crippen LogP contribution in [-0.4, -0.2) is 13.1 Å². The van der Waals surface area contributed by atoms with Crippen molar-refractivity contribution < 1.29 is 9.53 Å². The van der Waals surface area contributed by atoms with Crippen molar-refractivity contribution in [3.63, 3.8) is 0 Å². The van der Waals surface area contributed by atoms with Gasteiger partial charge in [0.2, 0.25) is 0 Å². The molecule has 1 aromatic rings. The molecule has 0 aromatic heterocycles. The van der Waals surface area contributed by atoms with Crippen LogP contribution in [0.1, 0.15) is 11.1 Å². The SMILES string of the molecule is Cc1cccc(C=CCO[C]=O)c1. The predicted molar refractivity (Wildman–Crippen MR) is 51.9 cm³/mol. The second-order valence-electron chi connectivity index (χ2n) is 2.71. The smallest absolute Gasteiger partial charge is 0.417 e. The van der Waals surface area contributed by atoms with Crippen molar-refractivity contribution in [2.75, 3.05) is 6.61 Å². The van der Waals surface area contributed by atoms with E-state index < -0.39 is 0 Å². The van der Waals surface area contributed by atoms with Gasteiger partial charge in [-0.3, -0.25) is 0 Å². The van der Waals surface area contributed by atoms with E-state index in [1.165, 1.54) is 12.0 Å². The number of aryl methyl sites for hydroxylation is 1. The molecular formula is C11H11O2. The zero-order chi connectivity index (χ0) is 9.52. The number of ether oxygens (including phenoxy) is 1. The zero-order valence-corrected chi connectivity index (χ0v) is 7.49. The molecule has 1 rings (SSSR count). The van der Waals surface area contributed by atoms with Gasteiger partial charge in [-0.2, -0.15) is 0 Å². The Bertz CT molecular complexity index is 303. The molecule has 2 nitrogen and oxygen atoms in total. The average molecular weight is 175 g/mol. The van der Waals surface area contributed by atoms with E-state index in [9.17, 15) is 4.79 Å².